The average molecular weight is 254 g/mol. The van der Waals surface area contributed by atoms with Crippen LogP contribution in [0.4, 0.5) is 0 Å². The average Bonchev–Trinajstić information content (AvgIpc) is 2.35. The Kier molecular flexibility index (Phi) is 5.87. The van der Waals surface area contributed by atoms with Gasteiger partial charge in [0.05, 0.1) is 18.3 Å². The van der Waals surface area contributed by atoms with Gasteiger partial charge in [-0.2, -0.15) is 0 Å². The highest BCUT2D eigenvalue weighted by Gasteiger charge is 2.35. The monoisotopic (exact) mass is 254 g/mol. The summed E-state index contributed by atoms with van der Waals surface area (Å²) in [7, 11) is 0. The van der Waals surface area contributed by atoms with Crippen LogP contribution in [-0.4, -0.2) is 23.4 Å². The smallest absolute Gasteiger partial charge is 0.0872 e. The molecule has 0 aromatic heterocycles. The Morgan fingerprint density at radius 2 is 1.89 bits per heavy atom. The fourth-order valence-electron chi connectivity index (χ4n) is 2.90. The highest BCUT2D eigenvalue weighted by Crippen LogP contribution is 2.38. The fourth-order valence-corrected chi connectivity index (χ4v) is 2.90. The molecule has 18 heavy (non-hydrogen) atoms. The molecule has 2 heteroatoms. The first kappa shape index (κ1) is 15.7. The van der Waals surface area contributed by atoms with E-state index >= 15 is 0 Å². The van der Waals surface area contributed by atoms with E-state index in [4.69, 9.17) is 4.74 Å². The molecule has 1 rings (SSSR count). The molecule has 0 bridgehead atoms. The van der Waals surface area contributed by atoms with Crippen LogP contribution in [0.25, 0.3) is 0 Å². The van der Waals surface area contributed by atoms with Gasteiger partial charge in [-0.25, -0.2) is 0 Å². The van der Waals surface area contributed by atoms with Crippen LogP contribution >= 0.6 is 0 Å². The van der Waals surface area contributed by atoms with E-state index < -0.39 is 0 Å². The molecule has 0 heterocycles. The second kappa shape index (κ2) is 6.72. The number of rotatable bonds is 6. The molecule has 1 aliphatic rings. The molecule has 1 fully saturated rings. The molecule has 0 saturated heterocycles. The van der Waals surface area contributed by atoms with E-state index in [2.05, 4.69) is 27.4 Å². The summed E-state index contributed by atoms with van der Waals surface area (Å²) in [6, 6.07) is 0. The fraction of sp³-hybridized carbons (Fsp3) is 0.875. The quantitative estimate of drug-likeness (QED) is 0.731. The number of ether oxygens (including phenoxy) is 1. The number of hydrogen-bond acceptors (Lipinski definition) is 2. The molecule has 2 nitrogen and oxygen atoms in total. The van der Waals surface area contributed by atoms with Crippen molar-refractivity contribution in [1.29, 1.82) is 0 Å². The van der Waals surface area contributed by atoms with Gasteiger partial charge in [0.2, 0.25) is 0 Å². The minimum absolute atomic E-state index is 0.0692. The van der Waals surface area contributed by atoms with Crippen LogP contribution in [0.1, 0.15) is 53.4 Å². The van der Waals surface area contributed by atoms with Crippen LogP contribution in [0.5, 0.6) is 0 Å². The molecule has 1 aliphatic carbocycles. The van der Waals surface area contributed by atoms with Crippen molar-refractivity contribution in [2.24, 2.45) is 17.8 Å². The summed E-state index contributed by atoms with van der Waals surface area (Å²) < 4.78 is 6.19. The first-order chi connectivity index (χ1) is 8.40. The van der Waals surface area contributed by atoms with Crippen molar-refractivity contribution in [3.63, 3.8) is 0 Å². The summed E-state index contributed by atoms with van der Waals surface area (Å²) in [5, 5.41) is 9.46. The highest BCUT2D eigenvalue weighted by molar-refractivity contribution is 4.88. The molecule has 0 radical (unpaired) electrons. The van der Waals surface area contributed by atoms with Crippen molar-refractivity contribution in [2.45, 2.75) is 65.1 Å². The summed E-state index contributed by atoms with van der Waals surface area (Å²) in [5.41, 5.74) is -0.148. The SMILES string of the molecule is C=CC(C)C(CO)OC(C)(C)C1CCC(C)CC1. The Hall–Kier alpha value is -0.340. The third-order valence-corrected chi connectivity index (χ3v) is 4.59. The summed E-state index contributed by atoms with van der Waals surface area (Å²) in [5.74, 6) is 1.66. The normalized spacial score (nSPS) is 28.7. The maximum atomic E-state index is 9.46. The van der Waals surface area contributed by atoms with Crippen LogP contribution in [0, 0.1) is 17.8 Å². The Bertz CT molecular complexity index is 252. The summed E-state index contributed by atoms with van der Waals surface area (Å²) >= 11 is 0. The Morgan fingerprint density at radius 1 is 1.33 bits per heavy atom. The van der Waals surface area contributed by atoms with E-state index in [-0.39, 0.29) is 24.2 Å². The van der Waals surface area contributed by atoms with E-state index in [1.54, 1.807) is 0 Å². The van der Waals surface area contributed by atoms with Crippen molar-refractivity contribution in [1.82, 2.24) is 0 Å². The maximum Gasteiger partial charge on any atom is 0.0872 e. The predicted octanol–water partition coefficient (Wildman–Crippen LogP) is 3.79. The second-order valence-electron chi connectivity index (χ2n) is 6.49. The lowest BCUT2D eigenvalue weighted by Gasteiger charge is -2.41. The molecule has 0 amide bonds. The molecule has 2 unspecified atom stereocenters. The zero-order valence-electron chi connectivity index (χ0n) is 12.5. The summed E-state index contributed by atoms with van der Waals surface area (Å²) in [6.45, 7) is 12.6. The van der Waals surface area contributed by atoms with Crippen molar-refractivity contribution in [2.75, 3.05) is 6.61 Å². The minimum atomic E-state index is -0.148. The Labute approximate surface area is 112 Å². The van der Waals surface area contributed by atoms with Gasteiger partial charge in [-0.15, -0.1) is 6.58 Å². The van der Waals surface area contributed by atoms with E-state index in [0.717, 1.165) is 5.92 Å². The molecule has 2 atom stereocenters. The van der Waals surface area contributed by atoms with Gasteiger partial charge in [-0.05, 0) is 38.5 Å². The van der Waals surface area contributed by atoms with Crippen LogP contribution in [0.2, 0.25) is 0 Å². The largest absolute Gasteiger partial charge is 0.394 e. The maximum absolute atomic E-state index is 9.46. The zero-order valence-corrected chi connectivity index (χ0v) is 12.5. The molecule has 106 valence electrons. The lowest BCUT2D eigenvalue weighted by Crippen LogP contribution is -2.42. The number of aliphatic hydroxyl groups excluding tert-OH is 1. The first-order valence-electron chi connectivity index (χ1n) is 7.32. The summed E-state index contributed by atoms with van der Waals surface area (Å²) in [4.78, 5) is 0. The standard InChI is InChI=1S/C16H30O2/c1-6-13(3)15(11-17)18-16(4,5)14-9-7-12(2)8-10-14/h6,12-15,17H,1,7-11H2,2-5H3. The van der Waals surface area contributed by atoms with Gasteiger partial charge < -0.3 is 9.84 Å². The highest BCUT2D eigenvalue weighted by atomic mass is 16.5. The van der Waals surface area contributed by atoms with E-state index in [1.807, 2.05) is 13.0 Å². The van der Waals surface area contributed by atoms with Crippen molar-refractivity contribution in [3.05, 3.63) is 12.7 Å². The molecule has 0 aliphatic heterocycles. The summed E-state index contributed by atoms with van der Waals surface area (Å²) in [6.07, 6.45) is 6.83. The Balaban J connectivity index is 2.59. The molecular formula is C16H30O2. The molecule has 1 saturated carbocycles. The van der Waals surface area contributed by atoms with Crippen LogP contribution in [0.3, 0.4) is 0 Å². The van der Waals surface area contributed by atoms with E-state index in [1.165, 1.54) is 25.7 Å². The van der Waals surface area contributed by atoms with E-state index in [9.17, 15) is 5.11 Å². The van der Waals surface area contributed by atoms with Gasteiger partial charge in [0.25, 0.3) is 0 Å². The van der Waals surface area contributed by atoms with Crippen molar-refractivity contribution in [3.8, 4) is 0 Å². The third kappa shape index (κ3) is 4.10. The molecular weight excluding hydrogens is 224 g/mol. The lowest BCUT2D eigenvalue weighted by atomic mass is 9.75. The third-order valence-electron chi connectivity index (χ3n) is 4.59. The molecule has 1 N–H and O–H groups in total. The van der Waals surface area contributed by atoms with Crippen molar-refractivity contribution < 1.29 is 9.84 Å². The van der Waals surface area contributed by atoms with Crippen LogP contribution in [-0.2, 0) is 4.74 Å². The minimum Gasteiger partial charge on any atom is -0.394 e. The number of aliphatic hydroxyl groups is 1. The molecule has 0 aromatic carbocycles. The topological polar surface area (TPSA) is 29.5 Å². The van der Waals surface area contributed by atoms with Gasteiger partial charge in [0, 0.05) is 5.92 Å². The van der Waals surface area contributed by atoms with Gasteiger partial charge >= 0.3 is 0 Å². The van der Waals surface area contributed by atoms with Gasteiger partial charge in [0.1, 0.15) is 0 Å². The number of hydrogen-bond donors (Lipinski definition) is 1. The van der Waals surface area contributed by atoms with E-state index in [0.29, 0.717) is 5.92 Å². The first-order valence-corrected chi connectivity index (χ1v) is 7.32. The molecule has 0 aromatic rings. The van der Waals surface area contributed by atoms with Gasteiger partial charge in [0.15, 0.2) is 0 Å². The predicted molar refractivity (Wildman–Crippen MR) is 76.5 cm³/mol. The zero-order chi connectivity index (χ0) is 13.8. The Morgan fingerprint density at radius 3 is 2.33 bits per heavy atom. The lowest BCUT2D eigenvalue weighted by molar-refractivity contribution is -0.138. The van der Waals surface area contributed by atoms with Crippen LogP contribution in [0.15, 0.2) is 12.7 Å². The van der Waals surface area contributed by atoms with Crippen LogP contribution < -0.4 is 0 Å². The molecule has 0 spiro atoms. The second-order valence-corrected chi connectivity index (χ2v) is 6.49. The van der Waals surface area contributed by atoms with Gasteiger partial charge in [-0.1, -0.05) is 32.8 Å². The van der Waals surface area contributed by atoms with Crippen molar-refractivity contribution >= 4 is 0 Å². The van der Waals surface area contributed by atoms with Gasteiger partial charge in [-0.3, -0.25) is 0 Å².